The Labute approximate surface area is 193 Å². The van der Waals surface area contributed by atoms with Gasteiger partial charge in [0, 0.05) is 26.2 Å². The van der Waals surface area contributed by atoms with Crippen LogP contribution in [0.15, 0.2) is 44.6 Å². The highest BCUT2D eigenvalue weighted by molar-refractivity contribution is 7.89. The van der Waals surface area contributed by atoms with Crippen LogP contribution in [0.5, 0.6) is 0 Å². The molecule has 1 fully saturated rings. The standard InChI is InChI=1S/C25H37N3O3S/c1-19(2)17-28(18-20(3)4)32(29,30)25-15-22(26-16-23-11-9-21(5)31-23)10-12-24(25)27-13-7-6-8-14-27/h9-12,15-16,19-20H,6-8,13-14,17-18H2,1-5H3. The van der Waals surface area contributed by atoms with Gasteiger partial charge in [-0.1, -0.05) is 27.7 Å². The predicted octanol–water partition coefficient (Wildman–Crippen LogP) is 5.63. The summed E-state index contributed by atoms with van der Waals surface area (Å²) >= 11 is 0. The van der Waals surface area contributed by atoms with E-state index in [4.69, 9.17) is 4.42 Å². The number of hydrogen-bond donors (Lipinski definition) is 0. The van der Waals surface area contributed by atoms with E-state index in [-0.39, 0.29) is 11.8 Å². The third-order valence-electron chi connectivity index (χ3n) is 5.50. The molecule has 1 aromatic heterocycles. The van der Waals surface area contributed by atoms with Crippen LogP contribution in [-0.2, 0) is 10.0 Å². The van der Waals surface area contributed by atoms with Gasteiger partial charge in [0.15, 0.2) is 0 Å². The molecule has 0 bridgehead atoms. The summed E-state index contributed by atoms with van der Waals surface area (Å²) in [5.41, 5.74) is 1.39. The van der Waals surface area contributed by atoms with Gasteiger partial charge in [-0.3, -0.25) is 4.99 Å². The number of hydrogen-bond acceptors (Lipinski definition) is 5. The molecule has 0 atom stereocenters. The van der Waals surface area contributed by atoms with Crippen molar-refractivity contribution in [2.24, 2.45) is 16.8 Å². The van der Waals surface area contributed by atoms with Crippen molar-refractivity contribution in [1.82, 2.24) is 4.31 Å². The van der Waals surface area contributed by atoms with Crippen molar-refractivity contribution < 1.29 is 12.8 Å². The maximum absolute atomic E-state index is 13.9. The van der Waals surface area contributed by atoms with Gasteiger partial charge in [-0.25, -0.2) is 8.42 Å². The van der Waals surface area contributed by atoms with E-state index in [0.29, 0.717) is 29.4 Å². The Hall–Kier alpha value is -2.12. The fourth-order valence-electron chi connectivity index (χ4n) is 4.07. The molecule has 6 nitrogen and oxygen atoms in total. The maximum Gasteiger partial charge on any atom is 0.245 e. The van der Waals surface area contributed by atoms with Crippen LogP contribution in [0.1, 0.15) is 58.5 Å². The number of aryl methyl sites for hydroxylation is 1. The molecule has 0 spiro atoms. The largest absolute Gasteiger partial charge is 0.460 e. The fourth-order valence-corrected chi connectivity index (χ4v) is 6.07. The first kappa shape index (κ1) is 24.5. The molecule has 3 rings (SSSR count). The van der Waals surface area contributed by atoms with Crippen molar-refractivity contribution in [1.29, 1.82) is 0 Å². The molecule has 0 unspecified atom stereocenters. The van der Waals surface area contributed by atoms with Crippen molar-refractivity contribution in [3.05, 3.63) is 41.9 Å². The van der Waals surface area contributed by atoms with Gasteiger partial charge < -0.3 is 9.32 Å². The summed E-state index contributed by atoms with van der Waals surface area (Å²) in [4.78, 5) is 7.07. The minimum atomic E-state index is -3.68. The Bertz CT molecular complexity index is 1010. The molecule has 7 heteroatoms. The number of piperidine rings is 1. The summed E-state index contributed by atoms with van der Waals surface area (Å²) in [5, 5.41) is 0. The van der Waals surface area contributed by atoms with Crippen LogP contribution in [0.25, 0.3) is 0 Å². The maximum atomic E-state index is 13.9. The summed E-state index contributed by atoms with van der Waals surface area (Å²) in [6, 6.07) is 9.27. The van der Waals surface area contributed by atoms with Gasteiger partial charge in [-0.15, -0.1) is 0 Å². The van der Waals surface area contributed by atoms with Gasteiger partial charge in [-0.05, 0) is 68.4 Å². The van der Waals surface area contributed by atoms with Crippen LogP contribution in [0.2, 0.25) is 0 Å². The van der Waals surface area contributed by atoms with Crippen molar-refractivity contribution in [2.45, 2.75) is 58.8 Å². The molecule has 1 aliphatic heterocycles. The Morgan fingerprint density at radius 3 is 2.25 bits per heavy atom. The number of sulfonamides is 1. The molecule has 2 aromatic rings. The van der Waals surface area contributed by atoms with Gasteiger partial charge in [-0.2, -0.15) is 4.31 Å². The van der Waals surface area contributed by atoms with Crippen LogP contribution in [0.4, 0.5) is 11.4 Å². The normalized spacial score (nSPS) is 15.6. The van der Waals surface area contributed by atoms with E-state index in [9.17, 15) is 8.42 Å². The first-order valence-electron chi connectivity index (χ1n) is 11.7. The topological polar surface area (TPSA) is 66.1 Å². The minimum Gasteiger partial charge on any atom is -0.460 e. The first-order valence-corrected chi connectivity index (χ1v) is 13.1. The molecule has 0 amide bonds. The minimum absolute atomic E-state index is 0.241. The zero-order valence-corrected chi connectivity index (χ0v) is 20.9. The molecule has 2 heterocycles. The number of rotatable bonds is 9. The SMILES string of the molecule is Cc1ccc(C=Nc2ccc(N3CCCCC3)c(S(=O)(=O)N(CC(C)C)CC(C)C)c2)o1. The van der Waals surface area contributed by atoms with Gasteiger partial charge >= 0.3 is 0 Å². The Balaban J connectivity index is 2.04. The number of aliphatic imine (C=N–C) groups is 1. The molecule has 0 radical (unpaired) electrons. The van der Waals surface area contributed by atoms with Gasteiger partial charge in [0.05, 0.1) is 17.6 Å². The van der Waals surface area contributed by atoms with E-state index in [1.807, 2.05) is 31.2 Å². The van der Waals surface area contributed by atoms with Gasteiger partial charge in [0.1, 0.15) is 16.4 Å². The molecular weight excluding hydrogens is 422 g/mol. The third kappa shape index (κ3) is 6.23. The average Bonchev–Trinajstić information content (AvgIpc) is 3.16. The van der Waals surface area contributed by atoms with Crippen LogP contribution in [0.3, 0.4) is 0 Å². The lowest BCUT2D eigenvalue weighted by Gasteiger charge is -2.32. The number of anilines is 1. The Kier molecular flexibility index (Phi) is 8.17. The van der Waals surface area contributed by atoms with E-state index in [2.05, 4.69) is 37.6 Å². The van der Waals surface area contributed by atoms with Crippen molar-refractivity contribution in [2.75, 3.05) is 31.1 Å². The lowest BCUT2D eigenvalue weighted by Crippen LogP contribution is -2.38. The van der Waals surface area contributed by atoms with E-state index in [1.165, 1.54) is 6.42 Å². The Morgan fingerprint density at radius 2 is 1.69 bits per heavy atom. The second kappa shape index (κ2) is 10.7. The number of furan rings is 1. The van der Waals surface area contributed by atoms with E-state index in [0.717, 1.165) is 37.4 Å². The predicted molar refractivity (Wildman–Crippen MR) is 132 cm³/mol. The highest BCUT2D eigenvalue weighted by Crippen LogP contribution is 2.34. The monoisotopic (exact) mass is 459 g/mol. The highest BCUT2D eigenvalue weighted by Gasteiger charge is 2.30. The summed E-state index contributed by atoms with van der Waals surface area (Å²) in [6.45, 7) is 12.9. The van der Waals surface area contributed by atoms with E-state index < -0.39 is 10.0 Å². The van der Waals surface area contributed by atoms with Crippen LogP contribution in [-0.4, -0.2) is 45.1 Å². The molecule has 1 aliphatic rings. The summed E-state index contributed by atoms with van der Waals surface area (Å²) in [6.07, 6.45) is 4.99. The lowest BCUT2D eigenvalue weighted by molar-refractivity contribution is 0.333. The smallest absolute Gasteiger partial charge is 0.245 e. The summed E-state index contributed by atoms with van der Waals surface area (Å²) < 4.78 is 35.1. The quantitative estimate of drug-likeness (QED) is 0.456. The lowest BCUT2D eigenvalue weighted by atomic mass is 10.1. The molecule has 0 N–H and O–H groups in total. The highest BCUT2D eigenvalue weighted by atomic mass is 32.2. The molecule has 1 saturated heterocycles. The summed E-state index contributed by atoms with van der Waals surface area (Å²) in [7, 11) is -3.68. The number of nitrogens with zero attached hydrogens (tertiary/aromatic N) is 3. The van der Waals surface area contributed by atoms with Crippen molar-refractivity contribution in [3.8, 4) is 0 Å². The molecule has 0 saturated carbocycles. The van der Waals surface area contributed by atoms with E-state index in [1.54, 1.807) is 16.6 Å². The second-order valence-corrected chi connectivity index (χ2v) is 11.4. The van der Waals surface area contributed by atoms with Crippen molar-refractivity contribution >= 4 is 27.6 Å². The second-order valence-electron chi connectivity index (χ2n) is 9.52. The summed E-state index contributed by atoms with van der Waals surface area (Å²) in [5.74, 6) is 1.94. The zero-order valence-electron chi connectivity index (χ0n) is 20.0. The molecular formula is C25H37N3O3S. The fraction of sp³-hybridized carbons (Fsp3) is 0.560. The molecule has 0 aliphatic carbocycles. The van der Waals surface area contributed by atoms with Crippen LogP contribution < -0.4 is 4.90 Å². The van der Waals surface area contributed by atoms with Crippen LogP contribution >= 0.6 is 0 Å². The molecule has 32 heavy (non-hydrogen) atoms. The zero-order chi connectivity index (χ0) is 23.3. The van der Waals surface area contributed by atoms with Gasteiger partial charge in [0.25, 0.3) is 0 Å². The van der Waals surface area contributed by atoms with Gasteiger partial charge in [0.2, 0.25) is 10.0 Å². The first-order chi connectivity index (χ1) is 15.2. The average molecular weight is 460 g/mol. The third-order valence-corrected chi connectivity index (χ3v) is 7.36. The molecule has 1 aromatic carbocycles. The van der Waals surface area contributed by atoms with E-state index >= 15 is 0 Å². The van der Waals surface area contributed by atoms with Crippen LogP contribution in [0, 0.1) is 18.8 Å². The Morgan fingerprint density at radius 1 is 1.03 bits per heavy atom. The number of benzene rings is 1. The van der Waals surface area contributed by atoms with Crippen molar-refractivity contribution in [3.63, 3.8) is 0 Å². The molecule has 176 valence electrons.